The number of hydrogen-bond donors (Lipinski definition) is 2. The lowest BCUT2D eigenvalue weighted by Crippen LogP contribution is -2.04. The predicted molar refractivity (Wildman–Crippen MR) is 58.5 cm³/mol. The number of carboxylic acid groups (broad SMARTS) is 1. The number of halogens is 2. The molecular weight excluding hydrogens is 230 g/mol. The average Bonchev–Trinajstić information content (AvgIpc) is 2.19. The number of benzene rings is 1. The molecule has 0 saturated carbocycles. The minimum absolute atomic E-state index is 0.0133. The summed E-state index contributed by atoms with van der Waals surface area (Å²) in [4.78, 5) is 10.6. The summed E-state index contributed by atoms with van der Waals surface area (Å²) in [5, 5.41) is 18.2. The van der Waals surface area contributed by atoms with Crippen LogP contribution in [0.4, 0.5) is 8.78 Å². The fourth-order valence-electron chi connectivity index (χ4n) is 1.54. The molecule has 5 heteroatoms. The van der Waals surface area contributed by atoms with Gasteiger partial charge in [-0.25, -0.2) is 8.78 Å². The molecule has 0 aliphatic rings. The number of rotatable bonds is 4. The van der Waals surface area contributed by atoms with Crippen LogP contribution in [0.25, 0.3) is 0 Å². The molecule has 0 unspecified atom stereocenters. The van der Waals surface area contributed by atoms with Gasteiger partial charge < -0.3 is 10.2 Å². The van der Waals surface area contributed by atoms with Gasteiger partial charge in [0, 0.05) is 5.56 Å². The molecule has 3 nitrogen and oxygen atoms in total. The first-order chi connectivity index (χ1) is 7.82. The summed E-state index contributed by atoms with van der Waals surface area (Å²) in [6.07, 6.45) is -3.28. The highest BCUT2D eigenvalue weighted by atomic mass is 19.3. The van der Waals surface area contributed by atoms with Crippen molar-refractivity contribution in [1.29, 1.82) is 0 Å². The van der Waals surface area contributed by atoms with E-state index in [0.29, 0.717) is 5.56 Å². The van der Waals surface area contributed by atoms with Gasteiger partial charge in [-0.05, 0) is 17.5 Å². The van der Waals surface area contributed by atoms with Crippen molar-refractivity contribution >= 4 is 5.97 Å². The van der Waals surface area contributed by atoms with Crippen LogP contribution in [0.2, 0.25) is 0 Å². The van der Waals surface area contributed by atoms with Crippen LogP contribution in [0.3, 0.4) is 0 Å². The van der Waals surface area contributed by atoms with Crippen LogP contribution in [0.5, 0.6) is 5.75 Å². The second-order valence-corrected chi connectivity index (χ2v) is 4.14. The number of aliphatic carboxylic acids is 1. The predicted octanol–water partition coefficient (Wildman–Crippen LogP) is 3.08. The van der Waals surface area contributed by atoms with Gasteiger partial charge in [-0.1, -0.05) is 19.9 Å². The monoisotopic (exact) mass is 244 g/mol. The third-order valence-corrected chi connectivity index (χ3v) is 2.48. The van der Waals surface area contributed by atoms with E-state index in [1.807, 2.05) is 13.8 Å². The van der Waals surface area contributed by atoms with Crippen molar-refractivity contribution in [3.63, 3.8) is 0 Å². The fraction of sp³-hybridized carbons (Fsp3) is 0.417. The molecule has 1 rings (SSSR count). The van der Waals surface area contributed by atoms with E-state index in [9.17, 15) is 18.7 Å². The number of aromatic hydroxyl groups is 1. The van der Waals surface area contributed by atoms with Gasteiger partial charge in [0.15, 0.2) is 0 Å². The van der Waals surface area contributed by atoms with E-state index in [1.165, 1.54) is 12.1 Å². The minimum atomic E-state index is -2.82. The first kappa shape index (κ1) is 13.4. The van der Waals surface area contributed by atoms with Gasteiger partial charge in [-0.15, -0.1) is 0 Å². The maximum Gasteiger partial charge on any atom is 0.307 e. The van der Waals surface area contributed by atoms with Crippen molar-refractivity contribution in [3.05, 3.63) is 28.8 Å². The standard InChI is InChI=1S/C12H14F2O3/c1-6(2)7-3-8(5-10(15)16)11(17)9(4-7)12(13)14/h3-4,6,12,17H,5H2,1-2H3,(H,15,16). The summed E-state index contributed by atoms with van der Waals surface area (Å²) in [6, 6.07) is 2.68. The Labute approximate surface area is 97.7 Å². The van der Waals surface area contributed by atoms with E-state index in [4.69, 9.17) is 5.11 Å². The van der Waals surface area contributed by atoms with Crippen LogP contribution in [0, 0.1) is 0 Å². The summed E-state index contributed by atoms with van der Waals surface area (Å²) in [6.45, 7) is 3.62. The Kier molecular flexibility index (Phi) is 4.04. The lowest BCUT2D eigenvalue weighted by Gasteiger charge is -2.13. The Bertz CT molecular complexity index is 428. The van der Waals surface area contributed by atoms with E-state index >= 15 is 0 Å². The summed E-state index contributed by atoms with van der Waals surface area (Å²) >= 11 is 0. The van der Waals surface area contributed by atoms with Crippen LogP contribution in [-0.2, 0) is 11.2 Å². The first-order valence-corrected chi connectivity index (χ1v) is 5.18. The number of phenolic OH excluding ortho intramolecular Hbond substituents is 1. The number of phenols is 1. The fourth-order valence-corrected chi connectivity index (χ4v) is 1.54. The zero-order valence-electron chi connectivity index (χ0n) is 9.58. The van der Waals surface area contributed by atoms with Crippen LogP contribution < -0.4 is 0 Å². The van der Waals surface area contributed by atoms with Crippen molar-refractivity contribution in [3.8, 4) is 5.75 Å². The highest BCUT2D eigenvalue weighted by Crippen LogP contribution is 2.34. The zero-order chi connectivity index (χ0) is 13.2. The molecule has 1 aromatic rings. The molecule has 1 aromatic carbocycles. The lowest BCUT2D eigenvalue weighted by atomic mass is 9.95. The van der Waals surface area contributed by atoms with Crippen LogP contribution in [0.15, 0.2) is 12.1 Å². The van der Waals surface area contributed by atoms with E-state index in [-0.39, 0.29) is 11.5 Å². The molecule has 0 radical (unpaired) electrons. The van der Waals surface area contributed by atoms with Crippen LogP contribution in [0.1, 0.15) is 42.9 Å². The van der Waals surface area contributed by atoms with E-state index < -0.39 is 30.1 Å². The maximum atomic E-state index is 12.7. The zero-order valence-corrected chi connectivity index (χ0v) is 9.58. The third kappa shape index (κ3) is 3.15. The van der Waals surface area contributed by atoms with Crippen molar-refractivity contribution in [2.24, 2.45) is 0 Å². The molecule has 0 aliphatic carbocycles. The molecule has 2 N–H and O–H groups in total. The Morgan fingerprint density at radius 1 is 1.35 bits per heavy atom. The summed E-state index contributed by atoms with van der Waals surface area (Å²) in [5.41, 5.74) is 0.112. The smallest absolute Gasteiger partial charge is 0.307 e. The quantitative estimate of drug-likeness (QED) is 0.855. The Morgan fingerprint density at radius 3 is 2.35 bits per heavy atom. The Hall–Kier alpha value is -1.65. The molecule has 94 valence electrons. The summed E-state index contributed by atoms with van der Waals surface area (Å²) in [5.74, 6) is -1.80. The maximum absolute atomic E-state index is 12.7. The van der Waals surface area contributed by atoms with Crippen LogP contribution in [-0.4, -0.2) is 16.2 Å². The van der Waals surface area contributed by atoms with Gasteiger partial charge in [-0.2, -0.15) is 0 Å². The van der Waals surface area contributed by atoms with Crippen molar-refractivity contribution in [1.82, 2.24) is 0 Å². The molecule has 0 amide bonds. The van der Waals surface area contributed by atoms with Gasteiger partial charge in [0.25, 0.3) is 6.43 Å². The molecular formula is C12H14F2O3. The summed E-state index contributed by atoms with van der Waals surface area (Å²) in [7, 11) is 0. The number of hydrogen-bond acceptors (Lipinski definition) is 2. The molecule has 0 saturated heterocycles. The van der Waals surface area contributed by atoms with Gasteiger partial charge in [0.1, 0.15) is 5.75 Å². The van der Waals surface area contributed by atoms with E-state index in [1.54, 1.807) is 0 Å². The van der Waals surface area contributed by atoms with Crippen LogP contribution >= 0.6 is 0 Å². The molecule has 0 heterocycles. The largest absolute Gasteiger partial charge is 0.507 e. The molecule has 17 heavy (non-hydrogen) atoms. The molecule has 0 atom stereocenters. The number of alkyl halides is 2. The van der Waals surface area contributed by atoms with Gasteiger partial charge >= 0.3 is 5.97 Å². The normalized spacial score (nSPS) is 11.2. The summed E-state index contributed by atoms with van der Waals surface area (Å²) < 4.78 is 25.4. The second kappa shape index (κ2) is 5.12. The number of carboxylic acids is 1. The Balaban J connectivity index is 3.32. The topological polar surface area (TPSA) is 57.5 Å². The highest BCUT2D eigenvalue weighted by molar-refractivity contribution is 5.72. The molecule has 0 bridgehead atoms. The third-order valence-electron chi connectivity index (χ3n) is 2.48. The number of carbonyl (C=O) groups is 1. The van der Waals surface area contributed by atoms with Crippen molar-refractivity contribution in [2.45, 2.75) is 32.6 Å². The molecule has 0 fully saturated rings. The molecule has 0 spiro atoms. The lowest BCUT2D eigenvalue weighted by molar-refractivity contribution is -0.136. The van der Waals surface area contributed by atoms with E-state index in [2.05, 4.69) is 0 Å². The second-order valence-electron chi connectivity index (χ2n) is 4.14. The molecule has 0 aromatic heterocycles. The Morgan fingerprint density at radius 2 is 1.94 bits per heavy atom. The highest BCUT2D eigenvalue weighted by Gasteiger charge is 2.19. The SMILES string of the molecule is CC(C)c1cc(CC(=O)O)c(O)c(C(F)F)c1. The first-order valence-electron chi connectivity index (χ1n) is 5.18. The van der Waals surface area contributed by atoms with Crippen molar-refractivity contribution < 1.29 is 23.8 Å². The molecule has 0 aliphatic heterocycles. The minimum Gasteiger partial charge on any atom is -0.507 e. The van der Waals surface area contributed by atoms with Gasteiger partial charge in [0.05, 0.1) is 12.0 Å². The van der Waals surface area contributed by atoms with Gasteiger partial charge in [0.2, 0.25) is 0 Å². The van der Waals surface area contributed by atoms with Gasteiger partial charge in [-0.3, -0.25) is 4.79 Å². The van der Waals surface area contributed by atoms with E-state index in [0.717, 1.165) is 0 Å². The van der Waals surface area contributed by atoms with Crippen molar-refractivity contribution in [2.75, 3.05) is 0 Å². The average molecular weight is 244 g/mol.